The lowest BCUT2D eigenvalue weighted by molar-refractivity contribution is 0.668. The summed E-state index contributed by atoms with van der Waals surface area (Å²) in [4.78, 5) is 15.4. The number of furan rings is 2. The topological polar surface area (TPSA) is 69.9 Å². The minimum absolute atomic E-state index is 0.549. The first kappa shape index (κ1) is 35.2. The molecule has 0 amide bonds. The summed E-state index contributed by atoms with van der Waals surface area (Å²) in [5.74, 6) is 1.68. The SMILES string of the molecule is c1ccc(-c2ccc3c(c2)c2ccccc2n3-c2ccc3oc4cc(-c5nc(-c6ccccc6)nc(-c6cc(-c7ccccc7)c7c(c6)oc6ccccc67)n5)ccc4c3c2)cc1. The number of fused-ring (bicyclic) bond motifs is 9. The fraction of sp³-hybridized carbons (Fsp3) is 0. The molecule has 63 heavy (non-hydrogen) atoms. The van der Waals surface area contributed by atoms with Crippen LogP contribution in [0.4, 0.5) is 0 Å². The second kappa shape index (κ2) is 14.0. The number of nitrogens with zero attached hydrogens (tertiary/aromatic N) is 4. The van der Waals surface area contributed by atoms with Crippen LogP contribution in [0.5, 0.6) is 0 Å². The number of aromatic nitrogens is 4. The van der Waals surface area contributed by atoms with Gasteiger partial charge in [-0.1, -0.05) is 140 Å². The van der Waals surface area contributed by atoms with Crippen LogP contribution in [0.15, 0.2) is 215 Å². The van der Waals surface area contributed by atoms with Gasteiger partial charge in [0.05, 0.1) is 11.0 Å². The molecular weight excluding hydrogens is 773 g/mol. The van der Waals surface area contributed by atoms with Crippen LogP contribution >= 0.6 is 0 Å². The molecule has 0 saturated carbocycles. The molecule has 0 radical (unpaired) electrons. The molecule has 6 nitrogen and oxygen atoms in total. The molecule has 4 heterocycles. The molecule has 9 aromatic carbocycles. The Morgan fingerprint density at radius 3 is 1.68 bits per heavy atom. The van der Waals surface area contributed by atoms with E-state index in [-0.39, 0.29) is 0 Å². The Morgan fingerprint density at radius 1 is 0.302 bits per heavy atom. The van der Waals surface area contributed by atoms with Crippen LogP contribution in [-0.2, 0) is 0 Å². The molecule has 13 rings (SSSR count). The lowest BCUT2D eigenvalue weighted by atomic mass is 9.97. The summed E-state index contributed by atoms with van der Waals surface area (Å²) in [6.07, 6.45) is 0. The molecule has 0 aliphatic heterocycles. The molecule has 0 unspecified atom stereocenters. The average Bonchev–Trinajstić information content (AvgIpc) is 4.03. The first-order valence-electron chi connectivity index (χ1n) is 21.1. The number of para-hydroxylation sites is 2. The van der Waals surface area contributed by atoms with Crippen molar-refractivity contribution in [2.24, 2.45) is 0 Å². The lowest BCUT2D eigenvalue weighted by Gasteiger charge is -2.11. The molecule has 6 heteroatoms. The summed E-state index contributed by atoms with van der Waals surface area (Å²) >= 11 is 0. The number of hydrogen-bond donors (Lipinski definition) is 0. The second-order valence-corrected chi connectivity index (χ2v) is 16.0. The molecule has 0 N–H and O–H groups in total. The zero-order valence-electron chi connectivity index (χ0n) is 33.7. The maximum atomic E-state index is 6.61. The van der Waals surface area contributed by atoms with Gasteiger partial charge in [0.15, 0.2) is 17.5 Å². The van der Waals surface area contributed by atoms with Crippen LogP contribution < -0.4 is 0 Å². The van der Waals surface area contributed by atoms with Gasteiger partial charge >= 0.3 is 0 Å². The molecule has 13 aromatic rings. The quantitative estimate of drug-likeness (QED) is 0.167. The monoisotopic (exact) mass is 806 g/mol. The minimum Gasteiger partial charge on any atom is -0.456 e. The van der Waals surface area contributed by atoms with Crippen molar-refractivity contribution >= 4 is 65.7 Å². The molecular formula is C57H34N4O2. The Hall–Kier alpha value is -8.61. The average molecular weight is 807 g/mol. The molecule has 0 fully saturated rings. The molecule has 0 bridgehead atoms. The largest absolute Gasteiger partial charge is 0.456 e. The van der Waals surface area contributed by atoms with E-state index in [2.05, 4.69) is 156 Å². The molecule has 0 atom stereocenters. The van der Waals surface area contributed by atoms with E-state index in [1.165, 1.54) is 21.9 Å². The van der Waals surface area contributed by atoms with Crippen LogP contribution in [0.1, 0.15) is 0 Å². The Labute approximate surface area is 361 Å². The third-order valence-corrected chi connectivity index (χ3v) is 12.2. The molecule has 294 valence electrons. The van der Waals surface area contributed by atoms with Gasteiger partial charge in [0, 0.05) is 54.7 Å². The Kier molecular flexibility index (Phi) is 7.80. The van der Waals surface area contributed by atoms with Crippen LogP contribution in [0, 0.1) is 0 Å². The molecule has 0 aliphatic rings. The van der Waals surface area contributed by atoms with Gasteiger partial charge in [0.2, 0.25) is 0 Å². The fourth-order valence-corrected chi connectivity index (χ4v) is 9.28. The van der Waals surface area contributed by atoms with Gasteiger partial charge in [0.1, 0.15) is 22.3 Å². The predicted molar refractivity (Wildman–Crippen MR) is 256 cm³/mol. The van der Waals surface area contributed by atoms with Gasteiger partial charge < -0.3 is 13.4 Å². The minimum atomic E-state index is 0.549. The number of benzene rings is 9. The first-order chi connectivity index (χ1) is 31.2. The van der Waals surface area contributed by atoms with Gasteiger partial charge in [-0.25, -0.2) is 15.0 Å². The molecule has 4 aromatic heterocycles. The summed E-state index contributed by atoms with van der Waals surface area (Å²) in [7, 11) is 0. The van der Waals surface area contributed by atoms with Crippen LogP contribution in [0.3, 0.4) is 0 Å². The van der Waals surface area contributed by atoms with E-state index in [1.807, 2.05) is 54.6 Å². The number of rotatable bonds is 6. The van der Waals surface area contributed by atoms with Crippen molar-refractivity contribution in [3.8, 4) is 62.1 Å². The van der Waals surface area contributed by atoms with E-state index in [1.54, 1.807) is 0 Å². The van der Waals surface area contributed by atoms with Crippen molar-refractivity contribution in [3.05, 3.63) is 206 Å². The smallest absolute Gasteiger partial charge is 0.164 e. The summed E-state index contributed by atoms with van der Waals surface area (Å²) in [6, 6.07) is 71.6. The van der Waals surface area contributed by atoms with Crippen molar-refractivity contribution in [2.75, 3.05) is 0 Å². The van der Waals surface area contributed by atoms with Crippen molar-refractivity contribution in [1.82, 2.24) is 19.5 Å². The summed E-state index contributed by atoms with van der Waals surface area (Å²) in [5.41, 5.74) is 13.7. The van der Waals surface area contributed by atoms with E-state index in [0.29, 0.717) is 17.5 Å². The summed E-state index contributed by atoms with van der Waals surface area (Å²) < 4.78 is 15.5. The van der Waals surface area contributed by atoms with E-state index < -0.39 is 0 Å². The van der Waals surface area contributed by atoms with Crippen LogP contribution in [0.2, 0.25) is 0 Å². The predicted octanol–water partition coefficient (Wildman–Crippen LogP) is 15.1. The van der Waals surface area contributed by atoms with Crippen molar-refractivity contribution in [3.63, 3.8) is 0 Å². The Balaban J connectivity index is 0.953. The summed E-state index contributed by atoms with van der Waals surface area (Å²) in [6.45, 7) is 0. The third-order valence-electron chi connectivity index (χ3n) is 12.2. The highest BCUT2D eigenvalue weighted by molar-refractivity contribution is 6.14. The maximum absolute atomic E-state index is 6.61. The maximum Gasteiger partial charge on any atom is 0.164 e. The fourth-order valence-electron chi connectivity index (χ4n) is 9.28. The summed E-state index contributed by atoms with van der Waals surface area (Å²) in [5, 5.41) is 6.62. The zero-order chi connectivity index (χ0) is 41.4. The standard InChI is InChI=1S/C57H34N4O2/c1-4-14-35(15-5-1)38-25-28-49-46(30-38)42-20-10-12-22-48(42)61(49)41-26-29-51-47(34-41)43-27-24-39(32-52(43)62-51)56-58-55(37-18-8-3-9-19-37)59-57(60-56)40-31-45(36-16-6-2-7-17-36)54-44-21-11-13-23-50(44)63-53(54)33-40/h1-34H. The van der Waals surface area contributed by atoms with Crippen molar-refractivity contribution in [1.29, 1.82) is 0 Å². The van der Waals surface area contributed by atoms with Crippen molar-refractivity contribution in [2.45, 2.75) is 0 Å². The van der Waals surface area contributed by atoms with Crippen molar-refractivity contribution < 1.29 is 8.83 Å². The first-order valence-corrected chi connectivity index (χ1v) is 21.1. The number of hydrogen-bond acceptors (Lipinski definition) is 5. The van der Waals surface area contributed by atoms with Crippen LogP contribution in [-0.4, -0.2) is 19.5 Å². The van der Waals surface area contributed by atoms with Gasteiger partial charge in [-0.15, -0.1) is 0 Å². The normalized spacial score (nSPS) is 11.8. The van der Waals surface area contributed by atoms with Gasteiger partial charge in [-0.3, -0.25) is 0 Å². The highest BCUT2D eigenvalue weighted by Gasteiger charge is 2.20. The van der Waals surface area contributed by atoms with E-state index in [9.17, 15) is 0 Å². The van der Waals surface area contributed by atoms with E-state index in [0.717, 1.165) is 88.4 Å². The van der Waals surface area contributed by atoms with Crippen LogP contribution in [0.25, 0.3) is 128 Å². The molecule has 0 aliphatic carbocycles. The Bertz CT molecular complexity index is 3900. The van der Waals surface area contributed by atoms with Gasteiger partial charge in [0.25, 0.3) is 0 Å². The van der Waals surface area contributed by atoms with E-state index in [4.69, 9.17) is 23.8 Å². The lowest BCUT2D eigenvalue weighted by Crippen LogP contribution is -2.00. The Morgan fingerprint density at radius 2 is 0.889 bits per heavy atom. The third kappa shape index (κ3) is 5.76. The van der Waals surface area contributed by atoms with Gasteiger partial charge in [-0.2, -0.15) is 0 Å². The van der Waals surface area contributed by atoms with E-state index >= 15 is 0 Å². The highest BCUT2D eigenvalue weighted by atomic mass is 16.3. The van der Waals surface area contributed by atoms with Gasteiger partial charge in [-0.05, 0) is 89.0 Å². The second-order valence-electron chi connectivity index (χ2n) is 16.0. The molecule has 0 spiro atoms. The highest BCUT2D eigenvalue weighted by Crippen LogP contribution is 2.41. The molecule has 0 saturated heterocycles. The zero-order valence-corrected chi connectivity index (χ0v) is 33.7.